The summed E-state index contributed by atoms with van der Waals surface area (Å²) in [7, 11) is 0. The number of hydrogen-bond acceptors (Lipinski definition) is 6. The Balaban J connectivity index is 1.83. The zero-order valence-electron chi connectivity index (χ0n) is 13.2. The summed E-state index contributed by atoms with van der Waals surface area (Å²) in [5, 5.41) is 18.5. The van der Waals surface area contributed by atoms with E-state index in [1.807, 2.05) is 12.1 Å². The largest absolute Gasteiger partial charge is 0.396 e. The van der Waals surface area contributed by atoms with Crippen molar-refractivity contribution >= 4 is 11.6 Å². The lowest BCUT2D eigenvalue weighted by Gasteiger charge is -2.06. The van der Waals surface area contributed by atoms with Crippen LogP contribution in [0, 0.1) is 0 Å². The predicted octanol–water partition coefficient (Wildman–Crippen LogP) is 1.75. The van der Waals surface area contributed by atoms with Gasteiger partial charge in [0.15, 0.2) is 5.82 Å². The van der Waals surface area contributed by atoms with Crippen LogP contribution in [0.1, 0.15) is 41.8 Å². The molecule has 0 atom stereocenters. The number of carbonyl (C=O) groups excluding carboxylic acids is 1. The first kappa shape index (κ1) is 17.0. The molecule has 0 saturated heterocycles. The molecule has 1 heterocycles. The molecule has 0 spiro atoms. The number of aliphatic hydroxyl groups is 1. The number of aryl methyl sites for hydroxylation is 1. The third kappa shape index (κ3) is 5.37. The quantitative estimate of drug-likeness (QED) is 0.609. The molecule has 2 rings (SSSR count). The standard InChI is InChI=1S/C16H22N4O3/c1-2-4-15-19-14(20-23-15)11-18-13-7-5-12(6-8-13)16(22)17-9-3-10-21/h5-8,18,21H,2-4,9-11H2,1H3,(H,17,22). The van der Waals surface area contributed by atoms with Gasteiger partial charge in [-0.2, -0.15) is 4.98 Å². The Kier molecular flexibility index (Phi) is 6.56. The average Bonchev–Trinajstić information content (AvgIpc) is 3.01. The Morgan fingerprint density at radius 2 is 2.09 bits per heavy atom. The fourth-order valence-electron chi connectivity index (χ4n) is 1.98. The molecular formula is C16H22N4O3. The van der Waals surface area contributed by atoms with Crippen molar-refractivity contribution in [3.8, 4) is 0 Å². The van der Waals surface area contributed by atoms with E-state index < -0.39 is 0 Å². The highest BCUT2D eigenvalue weighted by Gasteiger charge is 2.06. The Labute approximate surface area is 135 Å². The van der Waals surface area contributed by atoms with E-state index in [0.29, 0.717) is 36.8 Å². The van der Waals surface area contributed by atoms with Crippen molar-refractivity contribution in [2.24, 2.45) is 0 Å². The summed E-state index contributed by atoms with van der Waals surface area (Å²) < 4.78 is 5.12. The van der Waals surface area contributed by atoms with Crippen molar-refractivity contribution in [1.29, 1.82) is 0 Å². The van der Waals surface area contributed by atoms with Gasteiger partial charge in [-0.05, 0) is 37.1 Å². The van der Waals surface area contributed by atoms with E-state index in [1.165, 1.54) is 0 Å². The van der Waals surface area contributed by atoms with Crippen molar-refractivity contribution in [3.05, 3.63) is 41.5 Å². The van der Waals surface area contributed by atoms with Crippen LogP contribution >= 0.6 is 0 Å². The van der Waals surface area contributed by atoms with E-state index in [2.05, 4.69) is 27.7 Å². The summed E-state index contributed by atoms with van der Waals surface area (Å²) in [6.45, 7) is 3.06. The highest BCUT2D eigenvalue weighted by atomic mass is 16.5. The molecule has 124 valence electrons. The summed E-state index contributed by atoms with van der Waals surface area (Å²) in [5.41, 5.74) is 1.46. The predicted molar refractivity (Wildman–Crippen MR) is 86.1 cm³/mol. The lowest BCUT2D eigenvalue weighted by molar-refractivity contribution is 0.0951. The molecule has 7 heteroatoms. The van der Waals surface area contributed by atoms with E-state index in [9.17, 15) is 4.79 Å². The molecule has 0 aliphatic carbocycles. The van der Waals surface area contributed by atoms with E-state index in [0.717, 1.165) is 18.5 Å². The minimum absolute atomic E-state index is 0.0686. The summed E-state index contributed by atoms with van der Waals surface area (Å²) in [4.78, 5) is 16.1. The Morgan fingerprint density at radius 1 is 1.30 bits per heavy atom. The molecule has 0 unspecified atom stereocenters. The van der Waals surface area contributed by atoms with Gasteiger partial charge in [0.1, 0.15) is 0 Å². The molecule has 0 aliphatic heterocycles. The average molecular weight is 318 g/mol. The van der Waals surface area contributed by atoms with Crippen LogP contribution in [0.25, 0.3) is 0 Å². The molecule has 3 N–H and O–H groups in total. The molecule has 1 aromatic carbocycles. The Morgan fingerprint density at radius 3 is 2.78 bits per heavy atom. The number of rotatable bonds is 9. The minimum Gasteiger partial charge on any atom is -0.396 e. The first-order valence-corrected chi connectivity index (χ1v) is 7.77. The minimum atomic E-state index is -0.146. The third-order valence-electron chi connectivity index (χ3n) is 3.19. The smallest absolute Gasteiger partial charge is 0.251 e. The number of anilines is 1. The van der Waals surface area contributed by atoms with Gasteiger partial charge < -0.3 is 20.3 Å². The van der Waals surface area contributed by atoms with E-state index in [4.69, 9.17) is 9.63 Å². The lowest BCUT2D eigenvalue weighted by atomic mass is 10.2. The molecule has 0 fully saturated rings. The van der Waals surface area contributed by atoms with E-state index in [-0.39, 0.29) is 12.5 Å². The van der Waals surface area contributed by atoms with Crippen molar-refractivity contribution in [2.75, 3.05) is 18.5 Å². The fourth-order valence-corrected chi connectivity index (χ4v) is 1.98. The van der Waals surface area contributed by atoms with E-state index in [1.54, 1.807) is 12.1 Å². The molecule has 7 nitrogen and oxygen atoms in total. The maximum atomic E-state index is 11.8. The van der Waals surface area contributed by atoms with Gasteiger partial charge in [-0.3, -0.25) is 4.79 Å². The molecule has 0 radical (unpaired) electrons. The molecule has 23 heavy (non-hydrogen) atoms. The van der Waals surface area contributed by atoms with Gasteiger partial charge in [-0.1, -0.05) is 12.1 Å². The first-order valence-electron chi connectivity index (χ1n) is 7.77. The second-order valence-corrected chi connectivity index (χ2v) is 5.12. The lowest BCUT2D eigenvalue weighted by Crippen LogP contribution is -2.24. The molecule has 1 aromatic heterocycles. The molecular weight excluding hydrogens is 296 g/mol. The van der Waals surface area contributed by atoms with Crippen molar-refractivity contribution in [1.82, 2.24) is 15.5 Å². The van der Waals surface area contributed by atoms with E-state index >= 15 is 0 Å². The molecule has 0 bridgehead atoms. The summed E-state index contributed by atoms with van der Waals surface area (Å²) in [6, 6.07) is 7.15. The monoisotopic (exact) mass is 318 g/mol. The van der Waals surface area contributed by atoms with Gasteiger partial charge in [-0.15, -0.1) is 0 Å². The number of nitrogens with zero attached hydrogens (tertiary/aromatic N) is 2. The van der Waals surface area contributed by atoms with Crippen molar-refractivity contribution in [2.45, 2.75) is 32.7 Å². The Hall–Kier alpha value is -2.41. The van der Waals surface area contributed by atoms with Crippen LogP contribution in [0.5, 0.6) is 0 Å². The summed E-state index contributed by atoms with van der Waals surface area (Å²) >= 11 is 0. The van der Waals surface area contributed by atoms with Gasteiger partial charge in [0, 0.05) is 30.8 Å². The van der Waals surface area contributed by atoms with Gasteiger partial charge in [0.25, 0.3) is 5.91 Å². The van der Waals surface area contributed by atoms with Crippen LogP contribution in [0.15, 0.2) is 28.8 Å². The first-order chi connectivity index (χ1) is 11.2. The second-order valence-electron chi connectivity index (χ2n) is 5.12. The van der Waals surface area contributed by atoms with Crippen LogP contribution in [0.3, 0.4) is 0 Å². The highest BCUT2D eigenvalue weighted by Crippen LogP contribution is 2.11. The van der Waals surface area contributed by atoms with Crippen LogP contribution in [0.2, 0.25) is 0 Å². The number of carbonyl (C=O) groups is 1. The van der Waals surface area contributed by atoms with Crippen LogP contribution < -0.4 is 10.6 Å². The number of amides is 1. The SMILES string of the molecule is CCCc1nc(CNc2ccc(C(=O)NCCCO)cc2)no1. The van der Waals surface area contributed by atoms with Crippen molar-refractivity contribution < 1.29 is 14.4 Å². The number of nitrogens with one attached hydrogen (secondary N) is 2. The number of benzene rings is 1. The molecule has 1 amide bonds. The maximum Gasteiger partial charge on any atom is 0.251 e. The van der Waals surface area contributed by atoms with Gasteiger partial charge in [-0.25, -0.2) is 0 Å². The zero-order chi connectivity index (χ0) is 16.5. The number of aliphatic hydroxyl groups excluding tert-OH is 1. The zero-order valence-corrected chi connectivity index (χ0v) is 13.2. The number of hydrogen-bond donors (Lipinski definition) is 3. The van der Waals surface area contributed by atoms with Crippen LogP contribution in [-0.2, 0) is 13.0 Å². The van der Waals surface area contributed by atoms with Gasteiger partial charge >= 0.3 is 0 Å². The topological polar surface area (TPSA) is 100 Å². The number of aromatic nitrogens is 2. The maximum absolute atomic E-state index is 11.8. The molecule has 0 aliphatic rings. The second kappa shape index (κ2) is 8.89. The van der Waals surface area contributed by atoms with Gasteiger partial charge in [0.2, 0.25) is 5.89 Å². The third-order valence-corrected chi connectivity index (χ3v) is 3.19. The summed E-state index contributed by atoms with van der Waals surface area (Å²) in [6.07, 6.45) is 2.31. The normalized spacial score (nSPS) is 10.5. The fraction of sp³-hybridized carbons (Fsp3) is 0.438. The molecule has 2 aromatic rings. The van der Waals surface area contributed by atoms with Crippen LogP contribution in [0.4, 0.5) is 5.69 Å². The Bertz CT molecular complexity index is 610. The van der Waals surface area contributed by atoms with Gasteiger partial charge in [0.05, 0.1) is 6.54 Å². The van der Waals surface area contributed by atoms with Crippen LogP contribution in [-0.4, -0.2) is 34.3 Å². The van der Waals surface area contributed by atoms with Crippen molar-refractivity contribution in [3.63, 3.8) is 0 Å². The highest BCUT2D eigenvalue weighted by molar-refractivity contribution is 5.94. The summed E-state index contributed by atoms with van der Waals surface area (Å²) in [5.74, 6) is 1.12. The molecule has 0 saturated carbocycles.